The number of piperazine rings is 1. The summed E-state index contributed by atoms with van der Waals surface area (Å²) in [6.07, 6.45) is 3.90. The van der Waals surface area contributed by atoms with Crippen molar-refractivity contribution in [3.8, 4) is 5.75 Å². The van der Waals surface area contributed by atoms with Gasteiger partial charge in [0, 0.05) is 44.8 Å². The average molecular weight is 399 g/mol. The predicted molar refractivity (Wildman–Crippen MR) is 99.4 cm³/mol. The van der Waals surface area contributed by atoms with Crippen molar-refractivity contribution in [2.24, 2.45) is 0 Å². The summed E-state index contributed by atoms with van der Waals surface area (Å²) in [6.45, 7) is 2.21. The number of ether oxygens (including phenoxy) is 1. The molecule has 0 unspecified atom stereocenters. The summed E-state index contributed by atoms with van der Waals surface area (Å²) in [7, 11) is -2.12. The maximum absolute atomic E-state index is 13.8. The van der Waals surface area contributed by atoms with E-state index in [9.17, 15) is 17.6 Å². The molecule has 2 aliphatic heterocycles. The van der Waals surface area contributed by atoms with Crippen molar-refractivity contribution >= 4 is 16.1 Å². The number of rotatable bonds is 4. The van der Waals surface area contributed by atoms with Gasteiger partial charge in [-0.1, -0.05) is 12.8 Å². The third-order valence-corrected chi connectivity index (χ3v) is 7.18. The van der Waals surface area contributed by atoms with Crippen LogP contribution in [0.15, 0.2) is 18.2 Å². The first-order valence-electron chi connectivity index (χ1n) is 9.31. The van der Waals surface area contributed by atoms with Gasteiger partial charge in [0.05, 0.1) is 7.11 Å². The quantitative estimate of drug-likeness (QED) is 0.773. The van der Waals surface area contributed by atoms with E-state index < -0.39 is 16.0 Å². The molecule has 2 saturated heterocycles. The van der Waals surface area contributed by atoms with Gasteiger partial charge in [-0.2, -0.15) is 17.0 Å². The van der Waals surface area contributed by atoms with E-state index >= 15 is 0 Å². The van der Waals surface area contributed by atoms with E-state index in [0.717, 1.165) is 31.7 Å². The highest BCUT2D eigenvalue weighted by atomic mass is 32.2. The summed E-state index contributed by atoms with van der Waals surface area (Å²) in [5.74, 6) is -0.811. The zero-order chi connectivity index (χ0) is 19.4. The van der Waals surface area contributed by atoms with Crippen LogP contribution in [-0.2, 0) is 10.2 Å². The van der Waals surface area contributed by atoms with E-state index in [1.165, 1.54) is 23.5 Å². The lowest BCUT2D eigenvalue weighted by Gasteiger charge is -2.36. The Balaban J connectivity index is 1.62. The van der Waals surface area contributed by atoms with Crippen molar-refractivity contribution in [3.63, 3.8) is 0 Å². The molecule has 1 aromatic rings. The Labute approximate surface area is 159 Å². The highest BCUT2D eigenvalue weighted by Gasteiger charge is 2.33. The fourth-order valence-corrected chi connectivity index (χ4v) is 5.21. The van der Waals surface area contributed by atoms with Gasteiger partial charge in [0.25, 0.3) is 16.1 Å². The van der Waals surface area contributed by atoms with Crippen molar-refractivity contribution in [1.82, 2.24) is 13.5 Å². The topological polar surface area (TPSA) is 70.2 Å². The first-order chi connectivity index (χ1) is 12.9. The van der Waals surface area contributed by atoms with E-state index in [2.05, 4.69) is 0 Å². The number of carbonyl (C=O) groups excluding carboxylic acids is 1. The third-order valence-electron chi connectivity index (χ3n) is 5.14. The summed E-state index contributed by atoms with van der Waals surface area (Å²) >= 11 is 0. The van der Waals surface area contributed by atoms with Crippen LogP contribution in [0.1, 0.15) is 36.0 Å². The summed E-state index contributed by atoms with van der Waals surface area (Å²) in [4.78, 5) is 14.2. The molecule has 7 nitrogen and oxygen atoms in total. The fourth-order valence-electron chi connectivity index (χ4n) is 3.54. The van der Waals surface area contributed by atoms with Crippen LogP contribution in [0.5, 0.6) is 5.75 Å². The van der Waals surface area contributed by atoms with Gasteiger partial charge in [0.2, 0.25) is 0 Å². The smallest absolute Gasteiger partial charge is 0.282 e. The van der Waals surface area contributed by atoms with Crippen LogP contribution in [0.4, 0.5) is 4.39 Å². The maximum Gasteiger partial charge on any atom is 0.282 e. The monoisotopic (exact) mass is 399 g/mol. The second-order valence-electron chi connectivity index (χ2n) is 6.86. The summed E-state index contributed by atoms with van der Waals surface area (Å²) < 4.78 is 47.4. The Kier molecular flexibility index (Phi) is 6.33. The summed E-state index contributed by atoms with van der Waals surface area (Å²) in [5.41, 5.74) is 0.233. The highest BCUT2D eigenvalue weighted by Crippen LogP contribution is 2.21. The zero-order valence-corrected chi connectivity index (χ0v) is 16.4. The minimum atomic E-state index is -3.49. The third kappa shape index (κ3) is 4.41. The first kappa shape index (κ1) is 20.0. The first-order valence-corrected chi connectivity index (χ1v) is 10.7. The number of nitrogens with zero attached hydrogens (tertiary/aromatic N) is 3. The molecular formula is C18H26FN3O4S. The molecule has 2 heterocycles. The van der Waals surface area contributed by atoms with Crippen molar-refractivity contribution in [2.45, 2.75) is 25.7 Å². The van der Waals surface area contributed by atoms with Crippen LogP contribution < -0.4 is 4.74 Å². The van der Waals surface area contributed by atoms with Gasteiger partial charge in [-0.05, 0) is 31.0 Å². The molecule has 0 spiro atoms. The number of hydrogen-bond donors (Lipinski definition) is 0. The highest BCUT2D eigenvalue weighted by molar-refractivity contribution is 7.86. The number of carbonyl (C=O) groups is 1. The van der Waals surface area contributed by atoms with Crippen LogP contribution >= 0.6 is 0 Å². The van der Waals surface area contributed by atoms with Crippen molar-refractivity contribution < 1.29 is 22.3 Å². The van der Waals surface area contributed by atoms with Crippen LogP contribution in [0.3, 0.4) is 0 Å². The lowest BCUT2D eigenvalue weighted by molar-refractivity contribution is 0.0693. The van der Waals surface area contributed by atoms with Gasteiger partial charge in [-0.3, -0.25) is 4.79 Å². The molecule has 150 valence electrons. The molecule has 1 amide bonds. The van der Waals surface area contributed by atoms with Gasteiger partial charge in [0.1, 0.15) is 0 Å². The van der Waals surface area contributed by atoms with Crippen LogP contribution in [-0.4, -0.2) is 74.2 Å². The largest absolute Gasteiger partial charge is 0.494 e. The zero-order valence-electron chi connectivity index (χ0n) is 15.6. The molecule has 0 N–H and O–H groups in total. The molecule has 27 heavy (non-hydrogen) atoms. The number of hydrogen-bond acceptors (Lipinski definition) is 4. The van der Waals surface area contributed by atoms with E-state index in [-0.39, 0.29) is 30.3 Å². The van der Waals surface area contributed by atoms with E-state index in [1.807, 2.05) is 0 Å². The molecule has 1 aromatic carbocycles. The number of benzene rings is 1. The molecule has 2 fully saturated rings. The molecule has 0 aliphatic carbocycles. The molecule has 0 aromatic heterocycles. The summed E-state index contributed by atoms with van der Waals surface area (Å²) in [5, 5.41) is 0. The van der Waals surface area contributed by atoms with Gasteiger partial charge >= 0.3 is 0 Å². The second-order valence-corrected chi connectivity index (χ2v) is 8.79. The molecule has 0 radical (unpaired) electrons. The standard InChI is InChI=1S/C18H26FN3O4S/c1-26-17-7-6-15(14-16(17)19)18(23)20-10-12-22(13-11-20)27(24,25)21-8-4-2-3-5-9-21/h6-7,14H,2-5,8-13H2,1H3. The molecule has 2 aliphatic rings. The van der Waals surface area contributed by atoms with Crippen LogP contribution in [0, 0.1) is 5.82 Å². The molecule has 3 rings (SSSR count). The van der Waals surface area contributed by atoms with Crippen molar-refractivity contribution in [2.75, 3.05) is 46.4 Å². The SMILES string of the molecule is COc1ccc(C(=O)N2CCN(S(=O)(=O)N3CCCCCC3)CC2)cc1F. The summed E-state index contributed by atoms with van der Waals surface area (Å²) in [6, 6.07) is 4.09. The Morgan fingerprint density at radius 1 is 0.963 bits per heavy atom. The molecular weight excluding hydrogens is 373 g/mol. The molecule has 0 bridgehead atoms. The van der Waals surface area contributed by atoms with Crippen molar-refractivity contribution in [3.05, 3.63) is 29.6 Å². The normalized spacial score (nSPS) is 20.3. The Hall–Kier alpha value is -1.71. The predicted octanol–water partition coefficient (Wildman–Crippen LogP) is 1.71. The van der Waals surface area contributed by atoms with E-state index in [0.29, 0.717) is 26.2 Å². The van der Waals surface area contributed by atoms with Gasteiger partial charge in [0.15, 0.2) is 11.6 Å². The van der Waals surface area contributed by atoms with Crippen LogP contribution in [0.25, 0.3) is 0 Å². The minimum Gasteiger partial charge on any atom is -0.494 e. The molecule has 0 atom stereocenters. The van der Waals surface area contributed by atoms with Gasteiger partial charge < -0.3 is 9.64 Å². The Morgan fingerprint density at radius 2 is 1.56 bits per heavy atom. The minimum absolute atomic E-state index is 0.0833. The number of amides is 1. The number of methoxy groups -OCH3 is 1. The van der Waals surface area contributed by atoms with Crippen LogP contribution in [0.2, 0.25) is 0 Å². The molecule has 9 heteroatoms. The van der Waals surface area contributed by atoms with Gasteiger partial charge in [-0.15, -0.1) is 0 Å². The fraction of sp³-hybridized carbons (Fsp3) is 0.611. The van der Waals surface area contributed by atoms with E-state index in [4.69, 9.17) is 4.74 Å². The molecule has 0 saturated carbocycles. The lowest BCUT2D eigenvalue weighted by atomic mass is 10.1. The lowest BCUT2D eigenvalue weighted by Crippen LogP contribution is -2.54. The number of halogens is 1. The maximum atomic E-state index is 13.8. The Morgan fingerprint density at radius 3 is 2.11 bits per heavy atom. The second kappa shape index (κ2) is 8.53. The van der Waals surface area contributed by atoms with E-state index in [1.54, 1.807) is 9.21 Å². The Bertz CT molecular complexity index is 771. The average Bonchev–Trinajstić information content (AvgIpc) is 2.97. The van der Waals surface area contributed by atoms with Crippen molar-refractivity contribution in [1.29, 1.82) is 0 Å². The van der Waals surface area contributed by atoms with Gasteiger partial charge in [-0.25, -0.2) is 4.39 Å².